The Morgan fingerprint density at radius 1 is 0.765 bits per heavy atom. The van der Waals surface area contributed by atoms with E-state index in [0.29, 0.717) is 18.2 Å². The molecule has 0 amide bonds. The summed E-state index contributed by atoms with van der Waals surface area (Å²) in [5.41, 5.74) is -0.178. The van der Waals surface area contributed by atoms with Gasteiger partial charge >= 0.3 is 23.9 Å². The number of carbonyl (C=O) groups is 4. The van der Waals surface area contributed by atoms with Crippen LogP contribution in [0.1, 0.15) is 6.92 Å². The van der Waals surface area contributed by atoms with Crippen molar-refractivity contribution in [2.75, 3.05) is 0 Å². The lowest BCUT2D eigenvalue weighted by Crippen LogP contribution is -1.99. The van der Waals surface area contributed by atoms with E-state index in [4.69, 9.17) is 20.4 Å². The molecule has 0 saturated carbocycles. The van der Waals surface area contributed by atoms with E-state index in [1.54, 1.807) is 0 Å². The molecule has 0 radical (unpaired) electrons. The van der Waals surface area contributed by atoms with E-state index < -0.39 is 23.9 Å². The van der Waals surface area contributed by atoms with Crippen LogP contribution in [-0.2, 0) is 19.2 Å². The predicted octanol–water partition coefficient (Wildman–Crippen LogP) is -0.186. The van der Waals surface area contributed by atoms with Gasteiger partial charge < -0.3 is 20.4 Å². The molecule has 0 spiro atoms. The summed E-state index contributed by atoms with van der Waals surface area (Å²) in [5, 5.41) is 31.7. The predicted molar refractivity (Wildman–Crippen MR) is 53.4 cm³/mol. The Labute approximate surface area is 95.1 Å². The third kappa shape index (κ3) is 16.1. The van der Waals surface area contributed by atoms with E-state index in [-0.39, 0.29) is 5.57 Å². The highest BCUT2D eigenvalue weighted by Gasteiger charge is 2.00. The minimum atomic E-state index is -1.26. The van der Waals surface area contributed by atoms with Crippen molar-refractivity contribution in [3.63, 3.8) is 0 Å². The van der Waals surface area contributed by atoms with Gasteiger partial charge in [0.1, 0.15) is 0 Å². The molecule has 17 heavy (non-hydrogen) atoms. The first-order chi connectivity index (χ1) is 7.66. The summed E-state index contributed by atoms with van der Waals surface area (Å²) in [5.74, 6) is -4.97. The molecule has 0 saturated heterocycles. The van der Waals surface area contributed by atoms with Crippen LogP contribution in [0, 0.1) is 0 Å². The smallest absolute Gasteiger partial charge is 0.331 e. The lowest BCUT2D eigenvalue weighted by molar-refractivity contribution is -0.135. The van der Waals surface area contributed by atoms with Gasteiger partial charge in [0.05, 0.1) is 0 Å². The molecule has 0 fully saturated rings. The zero-order valence-electron chi connectivity index (χ0n) is 8.65. The van der Waals surface area contributed by atoms with Gasteiger partial charge in [-0.25, -0.2) is 19.2 Å². The van der Waals surface area contributed by atoms with Gasteiger partial charge in [-0.1, -0.05) is 0 Å². The van der Waals surface area contributed by atoms with E-state index in [1.165, 1.54) is 6.92 Å². The normalized spacial score (nSPS) is 10.3. The molecule has 0 bridgehead atoms. The molecule has 0 aromatic heterocycles. The monoisotopic (exact) mass is 246 g/mol. The zero-order valence-corrected chi connectivity index (χ0v) is 8.65. The van der Waals surface area contributed by atoms with Crippen LogP contribution in [0.2, 0.25) is 0 Å². The van der Waals surface area contributed by atoms with Crippen LogP contribution in [-0.4, -0.2) is 44.3 Å². The molecule has 0 atom stereocenters. The average molecular weight is 246 g/mol. The number of rotatable bonds is 4. The summed E-state index contributed by atoms with van der Waals surface area (Å²) in [6.07, 6.45) is 1.76. The van der Waals surface area contributed by atoms with E-state index in [0.717, 1.165) is 0 Å². The number of carboxylic acids is 4. The molecule has 0 aromatic carbocycles. The van der Waals surface area contributed by atoms with Crippen LogP contribution >= 0.6 is 0 Å². The van der Waals surface area contributed by atoms with E-state index in [1.807, 2.05) is 0 Å². The van der Waals surface area contributed by atoms with Gasteiger partial charge in [-0.05, 0) is 6.92 Å². The Morgan fingerprint density at radius 3 is 1.24 bits per heavy atom. The van der Waals surface area contributed by atoms with Gasteiger partial charge in [0.2, 0.25) is 0 Å². The van der Waals surface area contributed by atoms with Crippen LogP contribution in [0.3, 0.4) is 0 Å². The lowest BCUT2D eigenvalue weighted by atomic mass is 10.3. The Morgan fingerprint density at radius 2 is 1.12 bits per heavy atom. The third-order valence-corrected chi connectivity index (χ3v) is 1.05. The molecule has 4 N–H and O–H groups in total. The van der Waals surface area contributed by atoms with E-state index >= 15 is 0 Å². The van der Waals surface area contributed by atoms with Crippen molar-refractivity contribution in [3.8, 4) is 0 Å². The fourth-order valence-electron chi connectivity index (χ4n) is 0.390. The molecule has 94 valence electrons. The van der Waals surface area contributed by atoms with Crippen LogP contribution < -0.4 is 0 Å². The quantitative estimate of drug-likeness (QED) is 0.498. The van der Waals surface area contributed by atoms with Gasteiger partial charge in [0.15, 0.2) is 0 Å². The summed E-state index contributed by atoms with van der Waals surface area (Å²) < 4.78 is 0. The highest BCUT2D eigenvalue weighted by molar-refractivity contribution is 5.94. The average Bonchev–Trinajstić information content (AvgIpc) is 2.14. The first-order valence-corrected chi connectivity index (χ1v) is 3.95. The highest BCUT2D eigenvalue weighted by Crippen LogP contribution is 1.89. The summed E-state index contributed by atoms with van der Waals surface area (Å²) >= 11 is 0. The molecule has 0 aliphatic heterocycles. The molecule has 0 aliphatic carbocycles. The maximum Gasteiger partial charge on any atom is 0.331 e. The largest absolute Gasteiger partial charge is 0.478 e. The molecule has 0 unspecified atom stereocenters. The highest BCUT2D eigenvalue weighted by atomic mass is 16.4. The van der Waals surface area contributed by atoms with E-state index in [2.05, 4.69) is 0 Å². The van der Waals surface area contributed by atoms with Crippen LogP contribution in [0.25, 0.3) is 0 Å². The second kappa shape index (κ2) is 8.65. The second-order valence-electron chi connectivity index (χ2n) is 2.48. The molecule has 0 aromatic rings. The summed E-state index contributed by atoms with van der Waals surface area (Å²) in [6, 6.07) is 0. The number of carboxylic acid groups (broad SMARTS) is 4. The number of hydrogen-bond acceptors (Lipinski definition) is 4. The van der Waals surface area contributed by atoms with Crippen LogP contribution in [0.15, 0.2) is 23.8 Å². The standard InChI is InChI=1S/C5H6O4.C4H4O4/c1-3(5(8)9)2-4(6)7;5-3(6)1-2-4(7)8/h2H,1H3,(H,6,7)(H,8,9);1-2H,(H,5,6)(H,7,8)/b3-2-;2-1-. The topological polar surface area (TPSA) is 149 Å². The summed E-state index contributed by atoms with van der Waals surface area (Å²) in [7, 11) is 0. The van der Waals surface area contributed by atoms with Crippen LogP contribution in [0.4, 0.5) is 0 Å². The van der Waals surface area contributed by atoms with Crippen molar-refractivity contribution in [2.45, 2.75) is 6.92 Å². The molecular formula is C9H10O8. The van der Waals surface area contributed by atoms with Gasteiger partial charge in [-0.3, -0.25) is 0 Å². The van der Waals surface area contributed by atoms with Crippen molar-refractivity contribution in [3.05, 3.63) is 23.8 Å². The molecule has 8 heteroatoms. The van der Waals surface area contributed by atoms with Gasteiger partial charge in [0.25, 0.3) is 0 Å². The number of aliphatic carboxylic acids is 4. The van der Waals surface area contributed by atoms with Crippen molar-refractivity contribution in [1.29, 1.82) is 0 Å². The molecule has 0 heterocycles. The Hall–Kier alpha value is -2.64. The van der Waals surface area contributed by atoms with E-state index in [9.17, 15) is 19.2 Å². The van der Waals surface area contributed by atoms with Crippen LogP contribution in [0.5, 0.6) is 0 Å². The first-order valence-electron chi connectivity index (χ1n) is 3.95. The number of hydrogen-bond donors (Lipinski definition) is 4. The second-order valence-corrected chi connectivity index (χ2v) is 2.48. The summed E-state index contributed by atoms with van der Waals surface area (Å²) in [6.45, 7) is 1.22. The van der Waals surface area contributed by atoms with Gasteiger partial charge in [-0.15, -0.1) is 0 Å². The Bertz CT molecular complexity index is 360. The van der Waals surface area contributed by atoms with Gasteiger partial charge in [0, 0.05) is 23.8 Å². The summed E-state index contributed by atoms with van der Waals surface area (Å²) in [4.78, 5) is 38.8. The van der Waals surface area contributed by atoms with Crippen molar-refractivity contribution >= 4 is 23.9 Å². The molecule has 8 nitrogen and oxygen atoms in total. The van der Waals surface area contributed by atoms with Gasteiger partial charge in [-0.2, -0.15) is 0 Å². The lowest BCUT2D eigenvalue weighted by Gasteiger charge is -1.86. The third-order valence-electron chi connectivity index (χ3n) is 1.05. The fourth-order valence-corrected chi connectivity index (χ4v) is 0.390. The molecule has 0 rings (SSSR count). The maximum absolute atomic E-state index is 9.90. The minimum Gasteiger partial charge on any atom is -0.478 e. The van der Waals surface area contributed by atoms with Crippen molar-refractivity contribution in [2.24, 2.45) is 0 Å². The maximum atomic E-state index is 9.90. The molecule has 0 aliphatic rings. The van der Waals surface area contributed by atoms with Crippen molar-refractivity contribution in [1.82, 2.24) is 0 Å². The fraction of sp³-hybridized carbons (Fsp3) is 0.111. The van der Waals surface area contributed by atoms with Crippen molar-refractivity contribution < 1.29 is 39.6 Å². The minimum absolute atomic E-state index is 0.178. The Balaban J connectivity index is 0. The zero-order chi connectivity index (χ0) is 14.0. The Kier molecular flexibility index (Phi) is 8.54. The molecular weight excluding hydrogens is 236 g/mol. The first kappa shape index (κ1) is 16.8. The SMILES string of the molecule is C/C(=C/C(=O)O)C(=O)O.O=C(O)/C=C\C(=O)O.